The molecule has 1 aliphatic heterocycles. The third kappa shape index (κ3) is 1.60. The summed E-state index contributed by atoms with van der Waals surface area (Å²) in [4.78, 5) is 10.2. The van der Waals surface area contributed by atoms with Gasteiger partial charge in [-0.15, -0.1) is 0 Å². The van der Waals surface area contributed by atoms with Gasteiger partial charge in [0.2, 0.25) is 0 Å². The zero-order valence-corrected chi connectivity index (χ0v) is 7.26. The molecule has 0 spiro atoms. The van der Waals surface area contributed by atoms with E-state index in [1.165, 1.54) is 0 Å². The highest BCUT2D eigenvalue weighted by molar-refractivity contribution is 4.72. The van der Waals surface area contributed by atoms with E-state index in [-0.39, 0.29) is 12.2 Å². The lowest BCUT2D eigenvalue weighted by Crippen LogP contribution is -2.40. The highest BCUT2D eigenvalue weighted by Crippen LogP contribution is 2.19. The molecule has 0 radical (unpaired) electrons. The van der Waals surface area contributed by atoms with E-state index in [9.17, 15) is 10.1 Å². The lowest BCUT2D eigenvalue weighted by atomic mass is 10.1. The van der Waals surface area contributed by atoms with Crippen LogP contribution in [0.25, 0.3) is 0 Å². The van der Waals surface area contributed by atoms with Crippen LogP contribution in [0, 0.1) is 10.1 Å². The summed E-state index contributed by atoms with van der Waals surface area (Å²) in [6, 6.07) is 0. The Bertz CT molecular complexity index is 220. The van der Waals surface area contributed by atoms with Crippen LogP contribution in [0.2, 0.25) is 0 Å². The van der Waals surface area contributed by atoms with Gasteiger partial charge in [-0.2, -0.15) is 0 Å². The van der Waals surface area contributed by atoms with Crippen LogP contribution in [-0.4, -0.2) is 27.4 Å². The summed E-state index contributed by atoms with van der Waals surface area (Å²) in [6.07, 6.45) is 0. The van der Waals surface area contributed by atoms with Crippen molar-refractivity contribution < 1.29 is 5.03 Å². The van der Waals surface area contributed by atoms with E-state index in [1.54, 1.807) is 5.01 Å². The topological polar surface area (TPSA) is 74.3 Å². The van der Waals surface area contributed by atoms with Crippen LogP contribution < -0.4 is 0 Å². The first-order chi connectivity index (χ1) is 5.41. The molecule has 12 heavy (non-hydrogen) atoms. The summed E-state index contributed by atoms with van der Waals surface area (Å²) in [5.74, 6) is 0. The lowest BCUT2D eigenvalue weighted by Gasteiger charge is -2.25. The number of hydrogen-bond acceptors (Lipinski definition) is 5. The predicted molar refractivity (Wildman–Crippen MR) is 40.1 cm³/mol. The van der Waals surface area contributed by atoms with Gasteiger partial charge in [-0.05, 0) is 20.8 Å². The fourth-order valence-corrected chi connectivity index (χ4v) is 0.701. The van der Waals surface area contributed by atoms with Crippen molar-refractivity contribution in [1.82, 2.24) is 10.1 Å². The first-order valence-corrected chi connectivity index (χ1v) is 3.52. The van der Waals surface area contributed by atoms with Gasteiger partial charge in [0.1, 0.15) is 0 Å². The fourth-order valence-electron chi connectivity index (χ4n) is 0.701. The molecule has 0 saturated heterocycles. The van der Waals surface area contributed by atoms with Crippen molar-refractivity contribution in [3.05, 3.63) is 10.1 Å². The maximum absolute atomic E-state index is 10.2. The van der Waals surface area contributed by atoms with Gasteiger partial charge in [0.15, 0.2) is 11.9 Å². The number of nitro groups is 1. The quantitative estimate of drug-likeness (QED) is 0.435. The largest absolute Gasteiger partial charge is 0.339 e. The molecule has 0 aromatic carbocycles. The molecule has 0 aromatic heterocycles. The maximum atomic E-state index is 10.2. The van der Waals surface area contributed by atoms with Crippen LogP contribution in [0.5, 0.6) is 0 Å². The molecule has 0 N–H and O–H groups in total. The first kappa shape index (κ1) is 8.69. The second-order valence-electron chi connectivity index (χ2n) is 3.50. The van der Waals surface area contributed by atoms with E-state index >= 15 is 0 Å². The molecule has 0 fully saturated rings. The Morgan fingerprint density at radius 1 is 1.42 bits per heavy atom. The molecule has 7 heteroatoms. The smallest absolute Gasteiger partial charge is 0.198 e. The summed E-state index contributed by atoms with van der Waals surface area (Å²) in [6.45, 7) is 5.84. The zero-order valence-electron chi connectivity index (χ0n) is 7.26. The van der Waals surface area contributed by atoms with E-state index in [2.05, 4.69) is 10.4 Å². The third-order valence-electron chi connectivity index (χ3n) is 1.47. The van der Waals surface area contributed by atoms with Crippen LogP contribution >= 0.6 is 0 Å². The molecule has 0 aromatic rings. The van der Waals surface area contributed by atoms with Gasteiger partial charge in [0, 0.05) is 5.12 Å². The van der Waals surface area contributed by atoms with Crippen molar-refractivity contribution in [3.63, 3.8) is 0 Å². The van der Waals surface area contributed by atoms with E-state index in [0.717, 1.165) is 0 Å². The molecule has 7 nitrogen and oxygen atoms in total. The monoisotopic (exact) mass is 173 g/mol. The Morgan fingerprint density at radius 2 is 2.00 bits per heavy atom. The van der Waals surface area contributed by atoms with Crippen molar-refractivity contribution in [1.29, 1.82) is 0 Å². The van der Waals surface area contributed by atoms with E-state index in [4.69, 9.17) is 0 Å². The summed E-state index contributed by atoms with van der Waals surface area (Å²) in [5, 5.41) is 18.9. The predicted octanol–water partition coefficient (Wildman–Crippen LogP) is 0.834. The molecule has 1 heterocycles. The number of hydrogen-bond donors (Lipinski definition) is 0. The Kier molecular flexibility index (Phi) is 1.87. The SMILES string of the molecule is CC(C)(C)N1CN([N+](=O)[O-])N=N1. The number of rotatable bonds is 1. The minimum Gasteiger partial charge on any atom is -0.339 e. The van der Waals surface area contributed by atoms with E-state index in [0.29, 0.717) is 5.12 Å². The Labute approximate surface area is 69.7 Å². The summed E-state index contributed by atoms with van der Waals surface area (Å²) in [7, 11) is 0. The second-order valence-corrected chi connectivity index (χ2v) is 3.50. The number of nitrogens with zero attached hydrogens (tertiary/aromatic N) is 5. The molecule has 0 aliphatic carbocycles. The number of hydrazine groups is 1. The van der Waals surface area contributed by atoms with E-state index in [1.807, 2.05) is 20.8 Å². The molecule has 0 bridgehead atoms. The van der Waals surface area contributed by atoms with Crippen LogP contribution in [0.15, 0.2) is 10.4 Å². The van der Waals surface area contributed by atoms with Crippen LogP contribution in [0.1, 0.15) is 20.8 Å². The fraction of sp³-hybridized carbons (Fsp3) is 1.00. The van der Waals surface area contributed by atoms with Crippen molar-refractivity contribution in [2.45, 2.75) is 26.3 Å². The van der Waals surface area contributed by atoms with Crippen molar-refractivity contribution in [2.24, 2.45) is 10.4 Å². The highest BCUT2D eigenvalue weighted by Gasteiger charge is 2.33. The van der Waals surface area contributed by atoms with Gasteiger partial charge < -0.3 is 10.1 Å². The molecular weight excluding hydrogens is 162 g/mol. The molecule has 0 unspecified atom stereocenters. The highest BCUT2D eigenvalue weighted by atomic mass is 16.7. The molecular formula is C5H11N5O2. The Balaban J connectivity index is 2.59. The summed E-state index contributed by atoms with van der Waals surface area (Å²) >= 11 is 0. The van der Waals surface area contributed by atoms with Crippen LogP contribution in [0.3, 0.4) is 0 Å². The van der Waals surface area contributed by atoms with Gasteiger partial charge >= 0.3 is 0 Å². The molecule has 0 amide bonds. The van der Waals surface area contributed by atoms with Crippen molar-refractivity contribution >= 4 is 0 Å². The first-order valence-electron chi connectivity index (χ1n) is 3.52. The van der Waals surface area contributed by atoms with E-state index < -0.39 is 5.03 Å². The normalized spacial score (nSPS) is 17.2. The van der Waals surface area contributed by atoms with Crippen LogP contribution in [0.4, 0.5) is 0 Å². The van der Waals surface area contributed by atoms with Gasteiger partial charge in [-0.25, -0.2) is 5.01 Å². The molecule has 68 valence electrons. The minimum atomic E-state index is -0.588. The summed E-state index contributed by atoms with van der Waals surface area (Å²) < 4.78 is 0. The van der Waals surface area contributed by atoms with Gasteiger partial charge in [0.05, 0.1) is 15.8 Å². The average molecular weight is 173 g/mol. The Morgan fingerprint density at radius 3 is 2.25 bits per heavy atom. The minimum absolute atomic E-state index is 0.108. The van der Waals surface area contributed by atoms with Gasteiger partial charge in [-0.3, -0.25) is 0 Å². The van der Waals surface area contributed by atoms with Gasteiger partial charge in [-0.1, -0.05) is 0 Å². The van der Waals surface area contributed by atoms with Crippen LogP contribution in [-0.2, 0) is 0 Å². The second kappa shape index (κ2) is 2.58. The molecule has 0 saturated carbocycles. The Hall–Kier alpha value is -1.40. The average Bonchev–Trinajstić information content (AvgIpc) is 2.30. The zero-order chi connectivity index (χ0) is 9.35. The molecule has 1 aliphatic rings. The van der Waals surface area contributed by atoms with Crippen molar-refractivity contribution in [2.75, 3.05) is 6.67 Å². The molecule has 0 atom stereocenters. The standard InChI is InChI=1S/C5H11N5O2/c1-5(2,3)8-4-9(7-6-8)10(11)12/h4H2,1-3H3. The van der Waals surface area contributed by atoms with Crippen molar-refractivity contribution in [3.8, 4) is 0 Å². The maximum Gasteiger partial charge on any atom is 0.198 e. The molecule has 1 rings (SSSR count). The lowest BCUT2D eigenvalue weighted by molar-refractivity contribution is -0.658. The van der Waals surface area contributed by atoms with Gasteiger partial charge in [0.25, 0.3) is 0 Å². The summed E-state index contributed by atoms with van der Waals surface area (Å²) in [5.41, 5.74) is -0.228. The third-order valence-corrected chi connectivity index (χ3v) is 1.47.